The smallest absolute Gasteiger partial charge is 0.332 e. The molecule has 10 heteroatoms. The number of nitrogens with zero attached hydrogens (tertiary/aromatic N) is 2. The van der Waals surface area contributed by atoms with Crippen LogP contribution >= 0.6 is 0 Å². The topological polar surface area (TPSA) is 142 Å². The summed E-state index contributed by atoms with van der Waals surface area (Å²) in [6.45, 7) is 2.69. The van der Waals surface area contributed by atoms with E-state index < -0.39 is 41.2 Å². The Morgan fingerprint density at radius 1 is 1.00 bits per heavy atom. The number of aromatic nitrogens is 2. The standard InChI is InChI=1S/C25H28N4O6/c1-14(2)21(27-19(31)12-16-10-7-9-15-8-5-6-11-17(15)16)24(33)35-13-18(30)20-22(26)28(3)25(34)29(4)23(20)32/h5-11,14,21H,12-13,26H2,1-4H3,(H,27,31)/t21-/m1/s1. The predicted octanol–water partition coefficient (Wildman–Crippen LogP) is 0.929. The van der Waals surface area contributed by atoms with Gasteiger partial charge in [0.15, 0.2) is 6.61 Å². The Morgan fingerprint density at radius 3 is 2.34 bits per heavy atom. The van der Waals surface area contributed by atoms with E-state index in [2.05, 4.69) is 5.32 Å². The van der Waals surface area contributed by atoms with Gasteiger partial charge in [-0.25, -0.2) is 9.59 Å². The van der Waals surface area contributed by atoms with Crippen molar-refractivity contribution in [1.29, 1.82) is 0 Å². The van der Waals surface area contributed by atoms with Crippen molar-refractivity contribution in [3.8, 4) is 0 Å². The Balaban J connectivity index is 1.70. The Morgan fingerprint density at radius 2 is 1.66 bits per heavy atom. The number of nitrogen functional groups attached to an aromatic ring is 1. The number of hydrogen-bond acceptors (Lipinski definition) is 7. The van der Waals surface area contributed by atoms with Crippen LogP contribution in [0.5, 0.6) is 0 Å². The molecule has 10 nitrogen and oxygen atoms in total. The van der Waals surface area contributed by atoms with Gasteiger partial charge in [-0.05, 0) is 22.3 Å². The normalized spacial score (nSPS) is 11.9. The fourth-order valence-corrected chi connectivity index (χ4v) is 3.76. The number of esters is 1. The number of Topliss-reactive ketones (excluding diaryl/α,β-unsaturated/α-hetero) is 1. The second-order valence-electron chi connectivity index (χ2n) is 8.60. The van der Waals surface area contributed by atoms with Crippen molar-refractivity contribution in [2.45, 2.75) is 26.3 Å². The summed E-state index contributed by atoms with van der Waals surface area (Å²) in [6.07, 6.45) is 0.0569. The van der Waals surface area contributed by atoms with Crippen LogP contribution in [0.2, 0.25) is 0 Å². The van der Waals surface area contributed by atoms with Gasteiger partial charge in [-0.15, -0.1) is 0 Å². The largest absolute Gasteiger partial charge is 0.456 e. The van der Waals surface area contributed by atoms with Gasteiger partial charge in [-0.1, -0.05) is 56.3 Å². The van der Waals surface area contributed by atoms with Crippen molar-refractivity contribution < 1.29 is 19.1 Å². The molecular weight excluding hydrogens is 452 g/mol. The summed E-state index contributed by atoms with van der Waals surface area (Å²) in [4.78, 5) is 62.4. The maximum absolute atomic E-state index is 12.8. The van der Waals surface area contributed by atoms with Gasteiger partial charge >= 0.3 is 11.7 Å². The first-order valence-corrected chi connectivity index (χ1v) is 11.0. The average Bonchev–Trinajstić information content (AvgIpc) is 2.83. The van der Waals surface area contributed by atoms with Gasteiger partial charge in [-0.3, -0.25) is 23.5 Å². The molecule has 1 amide bonds. The first-order chi connectivity index (χ1) is 16.5. The molecule has 184 valence electrons. The number of hydrogen-bond donors (Lipinski definition) is 2. The van der Waals surface area contributed by atoms with Gasteiger partial charge < -0.3 is 15.8 Å². The number of benzene rings is 2. The molecule has 0 bridgehead atoms. The van der Waals surface area contributed by atoms with Gasteiger partial charge in [0, 0.05) is 14.1 Å². The summed E-state index contributed by atoms with van der Waals surface area (Å²) in [6, 6.07) is 12.3. The van der Waals surface area contributed by atoms with Crippen molar-refractivity contribution in [2.24, 2.45) is 20.0 Å². The molecule has 0 unspecified atom stereocenters. The summed E-state index contributed by atoms with van der Waals surface area (Å²) in [5.74, 6) is -2.69. The molecule has 0 aliphatic rings. The number of nitrogens with one attached hydrogen (secondary N) is 1. The number of carbonyl (C=O) groups excluding carboxylic acids is 3. The number of ketones is 1. The third-order valence-corrected chi connectivity index (χ3v) is 5.80. The SMILES string of the molecule is CC(C)[C@@H](NC(=O)Cc1cccc2ccccc12)C(=O)OCC(=O)c1c(N)n(C)c(=O)n(C)c1=O. The van der Waals surface area contributed by atoms with Gasteiger partial charge in [0.1, 0.15) is 17.4 Å². The molecule has 0 spiro atoms. The molecule has 3 aromatic rings. The number of fused-ring (bicyclic) bond motifs is 1. The third-order valence-electron chi connectivity index (χ3n) is 5.80. The van der Waals surface area contributed by atoms with Crippen LogP contribution in [0.25, 0.3) is 10.8 Å². The second-order valence-corrected chi connectivity index (χ2v) is 8.60. The lowest BCUT2D eigenvalue weighted by Gasteiger charge is -2.21. The average molecular weight is 481 g/mol. The Hall–Kier alpha value is -4.21. The predicted molar refractivity (Wildman–Crippen MR) is 131 cm³/mol. The van der Waals surface area contributed by atoms with E-state index in [1.165, 1.54) is 14.1 Å². The third kappa shape index (κ3) is 5.32. The van der Waals surface area contributed by atoms with Crippen LogP contribution in [-0.2, 0) is 34.8 Å². The molecule has 35 heavy (non-hydrogen) atoms. The molecule has 0 aliphatic heterocycles. The Kier molecular flexibility index (Phi) is 7.53. The minimum atomic E-state index is -1.01. The molecular formula is C25H28N4O6. The van der Waals surface area contributed by atoms with Crippen molar-refractivity contribution in [3.05, 3.63) is 74.4 Å². The van der Waals surface area contributed by atoms with E-state index in [1.54, 1.807) is 13.8 Å². The lowest BCUT2D eigenvalue weighted by atomic mass is 10.0. The van der Waals surface area contributed by atoms with E-state index in [0.717, 1.165) is 25.5 Å². The lowest BCUT2D eigenvalue weighted by Crippen LogP contribution is -2.46. The molecule has 0 saturated heterocycles. The van der Waals surface area contributed by atoms with Crippen LogP contribution in [0.15, 0.2) is 52.1 Å². The highest BCUT2D eigenvalue weighted by Gasteiger charge is 2.28. The van der Waals surface area contributed by atoms with E-state index in [0.29, 0.717) is 0 Å². The molecule has 1 atom stereocenters. The zero-order valence-corrected chi connectivity index (χ0v) is 20.0. The maximum atomic E-state index is 12.8. The Labute approximate surface area is 201 Å². The molecule has 3 rings (SSSR count). The van der Waals surface area contributed by atoms with Crippen LogP contribution in [0.3, 0.4) is 0 Å². The van der Waals surface area contributed by atoms with Crippen molar-refractivity contribution in [1.82, 2.24) is 14.5 Å². The van der Waals surface area contributed by atoms with Gasteiger partial charge in [-0.2, -0.15) is 0 Å². The lowest BCUT2D eigenvalue weighted by molar-refractivity contribution is -0.148. The number of ether oxygens (including phenoxy) is 1. The second kappa shape index (κ2) is 10.4. The number of rotatable bonds is 8. The minimum Gasteiger partial charge on any atom is -0.456 e. The molecule has 2 aromatic carbocycles. The zero-order chi connectivity index (χ0) is 25.9. The highest BCUT2D eigenvalue weighted by Crippen LogP contribution is 2.19. The molecule has 0 aliphatic carbocycles. The summed E-state index contributed by atoms with van der Waals surface area (Å²) < 4.78 is 6.83. The summed E-state index contributed by atoms with van der Waals surface area (Å²) in [5.41, 5.74) is 4.59. The van der Waals surface area contributed by atoms with Crippen molar-refractivity contribution in [2.75, 3.05) is 12.3 Å². The highest BCUT2D eigenvalue weighted by molar-refractivity contribution is 6.01. The van der Waals surface area contributed by atoms with E-state index in [-0.39, 0.29) is 24.1 Å². The molecule has 0 fully saturated rings. The van der Waals surface area contributed by atoms with Crippen molar-refractivity contribution in [3.63, 3.8) is 0 Å². The maximum Gasteiger partial charge on any atom is 0.332 e. The van der Waals surface area contributed by atoms with E-state index in [1.807, 2.05) is 42.5 Å². The van der Waals surface area contributed by atoms with Gasteiger partial charge in [0.05, 0.1) is 6.42 Å². The summed E-state index contributed by atoms with van der Waals surface area (Å²) in [5, 5.41) is 4.62. The number of amides is 1. The number of carbonyl (C=O) groups is 3. The number of anilines is 1. The molecule has 0 radical (unpaired) electrons. The van der Waals surface area contributed by atoms with E-state index >= 15 is 0 Å². The molecule has 1 heterocycles. The zero-order valence-electron chi connectivity index (χ0n) is 20.0. The van der Waals surface area contributed by atoms with Gasteiger partial charge in [0.25, 0.3) is 5.56 Å². The summed E-state index contributed by atoms with van der Waals surface area (Å²) in [7, 11) is 2.54. The fraction of sp³-hybridized carbons (Fsp3) is 0.320. The molecule has 1 aromatic heterocycles. The monoisotopic (exact) mass is 480 g/mol. The van der Waals surface area contributed by atoms with Gasteiger partial charge in [0.2, 0.25) is 11.7 Å². The first kappa shape index (κ1) is 25.4. The van der Waals surface area contributed by atoms with Crippen LogP contribution in [0.4, 0.5) is 5.82 Å². The van der Waals surface area contributed by atoms with Crippen molar-refractivity contribution >= 4 is 34.3 Å². The molecule has 0 saturated carbocycles. The van der Waals surface area contributed by atoms with Crippen LogP contribution in [-0.4, -0.2) is 39.4 Å². The fourth-order valence-electron chi connectivity index (χ4n) is 3.76. The van der Waals surface area contributed by atoms with E-state index in [4.69, 9.17) is 10.5 Å². The quantitative estimate of drug-likeness (QED) is 0.361. The summed E-state index contributed by atoms with van der Waals surface area (Å²) >= 11 is 0. The first-order valence-electron chi connectivity index (χ1n) is 11.0. The van der Waals surface area contributed by atoms with Crippen LogP contribution in [0, 0.1) is 5.92 Å². The Bertz CT molecular complexity index is 1410. The minimum absolute atomic E-state index is 0.0569. The highest BCUT2D eigenvalue weighted by atomic mass is 16.5. The van der Waals surface area contributed by atoms with Crippen LogP contribution in [0.1, 0.15) is 29.8 Å². The molecule has 3 N–H and O–H groups in total. The number of nitrogens with two attached hydrogens (primary N) is 1. The van der Waals surface area contributed by atoms with Crippen LogP contribution < -0.4 is 22.3 Å². The van der Waals surface area contributed by atoms with E-state index in [9.17, 15) is 24.0 Å².